The molecule has 1 aromatic heterocycles. The highest BCUT2D eigenvalue weighted by Crippen LogP contribution is 2.30. The summed E-state index contributed by atoms with van der Waals surface area (Å²) in [5.41, 5.74) is 4.02. The lowest BCUT2D eigenvalue weighted by Crippen LogP contribution is -2.16. The first-order chi connectivity index (χ1) is 14.7. The molecule has 0 unspecified atom stereocenters. The number of fused-ring (bicyclic) bond motifs is 3. The van der Waals surface area contributed by atoms with E-state index < -0.39 is 0 Å². The van der Waals surface area contributed by atoms with Gasteiger partial charge in [0.25, 0.3) is 5.91 Å². The van der Waals surface area contributed by atoms with Crippen molar-refractivity contribution in [2.75, 3.05) is 18.2 Å². The van der Waals surface area contributed by atoms with Crippen molar-refractivity contribution < 1.29 is 9.63 Å². The Labute approximate surface area is 179 Å². The number of carbonyl (C=O) groups excluding carboxylic acids is 1. The molecule has 3 aromatic carbocycles. The lowest BCUT2D eigenvalue weighted by molar-refractivity contribution is -0.120. The summed E-state index contributed by atoms with van der Waals surface area (Å²) in [5, 5.41) is 9.08. The molecule has 1 amide bonds. The molecule has 0 atom stereocenters. The minimum absolute atomic E-state index is 0.145. The van der Waals surface area contributed by atoms with Crippen molar-refractivity contribution in [1.29, 1.82) is 0 Å². The quantitative estimate of drug-likeness (QED) is 0.244. The molecule has 152 valence electrons. The molecule has 0 radical (unpaired) electrons. The van der Waals surface area contributed by atoms with E-state index in [2.05, 4.69) is 34.1 Å². The Kier molecular flexibility index (Phi) is 6.05. The third kappa shape index (κ3) is 4.19. The molecule has 1 heterocycles. The highest BCUT2D eigenvalue weighted by molar-refractivity contribution is 7.98. The van der Waals surface area contributed by atoms with Crippen LogP contribution in [0, 0.1) is 0 Å². The van der Waals surface area contributed by atoms with Crippen LogP contribution in [0.25, 0.3) is 21.8 Å². The standard InChI is InChI=1S/C24H23N3O2S/c1-3-27-22-7-5-4-6-20(22)21-14-18(10-13-23(21)27)26-24(28)16-29-25-15-17-8-11-19(30-2)12-9-17/h4-15H,3,16H2,1-2H3,(H,26,28)/b25-15+. The number of carbonyl (C=O) groups is 1. The third-order valence-electron chi connectivity index (χ3n) is 4.96. The van der Waals surface area contributed by atoms with E-state index in [4.69, 9.17) is 4.84 Å². The molecule has 6 heteroatoms. The molecule has 0 aliphatic rings. The van der Waals surface area contributed by atoms with E-state index in [1.807, 2.05) is 60.9 Å². The molecule has 0 saturated carbocycles. The summed E-state index contributed by atoms with van der Waals surface area (Å²) in [6.07, 6.45) is 3.63. The number of amides is 1. The Bertz CT molecular complexity index is 1210. The van der Waals surface area contributed by atoms with Gasteiger partial charge in [-0.05, 0) is 55.1 Å². The van der Waals surface area contributed by atoms with Gasteiger partial charge in [-0.1, -0.05) is 35.5 Å². The average molecular weight is 418 g/mol. The van der Waals surface area contributed by atoms with Gasteiger partial charge in [0.05, 0.1) is 6.21 Å². The summed E-state index contributed by atoms with van der Waals surface area (Å²) in [6, 6.07) is 22.2. The summed E-state index contributed by atoms with van der Waals surface area (Å²) in [6.45, 7) is 2.88. The van der Waals surface area contributed by atoms with Crippen molar-refractivity contribution in [1.82, 2.24) is 4.57 Å². The third-order valence-corrected chi connectivity index (χ3v) is 5.70. The highest BCUT2D eigenvalue weighted by atomic mass is 32.2. The fraction of sp³-hybridized carbons (Fsp3) is 0.167. The molecular formula is C24H23N3O2S. The Morgan fingerprint density at radius 2 is 1.83 bits per heavy atom. The van der Waals surface area contributed by atoms with E-state index in [1.165, 1.54) is 15.8 Å². The number of aryl methyl sites for hydroxylation is 1. The van der Waals surface area contributed by atoms with Crippen molar-refractivity contribution in [3.05, 3.63) is 72.3 Å². The summed E-state index contributed by atoms with van der Waals surface area (Å²) in [7, 11) is 0. The van der Waals surface area contributed by atoms with Gasteiger partial charge in [0.1, 0.15) is 0 Å². The van der Waals surface area contributed by atoms with Crippen molar-refractivity contribution in [3.63, 3.8) is 0 Å². The van der Waals surface area contributed by atoms with Gasteiger partial charge in [-0.25, -0.2) is 0 Å². The van der Waals surface area contributed by atoms with Crippen LogP contribution < -0.4 is 5.32 Å². The number of nitrogens with one attached hydrogen (secondary N) is 1. The molecule has 0 fully saturated rings. The SMILES string of the molecule is CCn1c2ccccc2c2cc(NC(=O)CO/N=C/c3ccc(SC)cc3)ccc21. The Morgan fingerprint density at radius 3 is 2.60 bits per heavy atom. The predicted molar refractivity (Wildman–Crippen MR) is 126 cm³/mol. The van der Waals surface area contributed by atoms with Gasteiger partial charge in [0, 0.05) is 38.9 Å². The van der Waals surface area contributed by atoms with E-state index in [0.29, 0.717) is 0 Å². The van der Waals surface area contributed by atoms with Gasteiger partial charge < -0.3 is 14.7 Å². The molecule has 0 bridgehead atoms. The highest BCUT2D eigenvalue weighted by Gasteiger charge is 2.11. The molecular weight excluding hydrogens is 394 g/mol. The number of nitrogens with zero attached hydrogens (tertiary/aromatic N) is 2. The Balaban J connectivity index is 1.41. The van der Waals surface area contributed by atoms with Gasteiger partial charge in [-0.2, -0.15) is 0 Å². The first-order valence-electron chi connectivity index (χ1n) is 9.80. The van der Waals surface area contributed by atoms with Crippen LogP contribution in [0.15, 0.2) is 76.8 Å². The molecule has 1 N–H and O–H groups in total. The van der Waals surface area contributed by atoms with Crippen LogP contribution in [0.2, 0.25) is 0 Å². The Morgan fingerprint density at radius 1 is 1.07 bits per heavy atom. The second kappa shape index (κ2) is 9.05. The maximum absolute atomic E-state index is 12.3. The Hall–Kier alpha value is -3.25. The van der Waals surface area contributed by atoms with Gasteiger partial charge >= 0.3 is 0 Å². The first kappa shape index (κ1) is 20.0. The normalized spacial score (nSPS) is 11.4. The van der Waals surface area contributed by atoms with Crippen LogP contribution >= 0.6 is 11.8 Å². The molecule has 0 spiro atoms. The monoisotopic (exact) mass is 417 g/mol. The molecule has 5 nitrogen and oxygen atoms in total. The largest absolute Gasteiger partial charge is 0.386 e. The number of anilines is 1. The zero-order valence-electron chi connectivity index (χ0n) is 17.0. The molecule has 30 heavy (non-hydrogen) atoms. The minimum Gasteiger partial charge on any atom is -0.386 e. The topological polar surface area (TPSA) is 55.6 Å². The summed E-state index contributed by atoms with van der Waals surface area (Å²) < 4.78 is 2.28. The summed E-state index contributed by atoms with van der Waals surface area (Å²) in [4.78, 5) is 18.6. The number of aromatic nitrogens is 1. The second-order valence-corrected chi connectivity index (χ2v) is 7.70. The van der Waals surface area contributed by atoms with Gasteiger partial charge in [-0.3, -0.25) is 4.79 Å². The van der Waals surface area contributed by atoms with Crippen molar-refractivity contribution in [2.24, 2.45) is 5.16 Å². The van der Waals surface area contributed by atoms with Crippen LogP contribution in [0.3, 0.4) is 0 Å². The molecule has 4 rings (SSSR count). The van der Waals surface area contributed by atoms with E-state index in [0.717, 1.165) is 28.7 Å². The van der Waals surface area contributed by atoms with Crippen LogP contribution in [-0.4, -0.2) is 29.6 Å². The van der Waals surface area contributed by atoms with Gasteiger partial charge in [0.15, 0.2) is 6.61 Å². The fourth-order valence-corrected chi connectivity index (χ4v) is 3.96. The minimum atomic E-state index is -0.247. The van der Waals surface area contributed by atoms with E-state index in [-0.39, 0.29) is 12.5 Å². The summed E-state index contributed by atoms with van der Waals surface area (Å²) >= 11 is 1.68. The van der Waals surface area contributed by atoms with Gasteiger partial charge in [0.2, 0.25) is 0 Å². The number of thioether (sulfide) groups is 1. The number of rotatable bonds is 7. The van der Waals surface area contributed by atoms with Crippen LogP contribution in [0.1, 0.15) is 12.5 Å². The first-order valence-corrected chi connectivity index (χ1v) is 11.0. The number of hydrogen-bond acceptors (Lipinski definition) is 4. The average Bonchev–Trinajstić information content (AvgIpc) is 3.10. The van der Waals surface area contributed by atoms with E-state index in [9.17, 15) is 4.79 Å². The molecule has 0 aliphatic heterocycles. The van der Waals surface area contributed by atoms with E-state index in [1.54, 1.807) is 18.0 Å². The zero-order chi connectivity index (χ0) is 20.9. The van der Waals surface area contributed by atoms with Gasteiger partial charge in [-0.15, -0.1) is 11.8 Å². The second-order valence-electron chi connectivity index (χ2n) is 6.82. The zero-order valence-corrected chi connectivity index (χ0v) is 17.8. The number of para-hydroxylation sites is 1. The maximum Gasteiger partial charge on any atom is 0.265 e. The molecule has 0 saturated heterocycles. The lowest BCUT2D eigenvalue weighted by atomic mass is 10.1. The number of hydrogen-bond donors (Lipinski definition) is 1. The number of benzene rings is 3. The molecule has 0 aliphatic carbocycles. The van der Waals surface area contributed by atoms with Crippen molar-refractivity contribution in [3.8, 4) is 0 Å². The van der Waals surface area contributed by atoms with Crippen molar-refractivity contribution in [2.45, 2.75) is 18.4 Å². The smallest absolute Gasteiger partial charge is 0.265 e. The maximum atomic E-state index is 12.3. The van der Waals surface area contributed by atoms with Crippen LogP contribution in [0.5, 0.6) is 0 Å². The van der Waals surface area contributed by atoms with Crippen LogP contribution in [0.4, 0.5) is 5.69 Å². The van der Waals surface area contributed by atoms with E-state index >= 15 is 0 Å². The predicted octanol–water partition coefficient (Wildman–Crippen LogP) is 5.53. The molecule has 4 aromatic rings. The summed E-state index contributed by atoms with van der Waals surface area (Å²) in [5.74, 6) is -0.247. The lowest BCUT2D eigenvalue weighted by Gasteiger charge is -2.06. The fourth-order valence-electron chi connectivity index (χ4n) is 3.55. The number of oxime groups is 1. The van der Waals surface area contributed by atoms with Crippen molar-refractivity contribution >= 4 is 51.4 Å². The van der Waals surface area contributed by atoms with Crippen LogP contribution in [-0.2, 0) is 16.2 Å².